The lowest BCUT2D eigenvalue weighted by Gasteiger charge is -2.20. The number of carbonyl (C=O) groups is 1. The third-order valence-corrected chi connectivity index (χ3v) is 5.30. The predicted octanol–water partition coefficient (Wildman–Crippen LogP) is 2.46. The largest absolute Gasteiger partial charge is 0.373 e. The molecule has 0 aromatic carbocycles. The summed E-state index contributed by atoms with van der Waals surface area (Å²) in [5.41, 5.74) is 2.77. The highest BCUT2D eigenvalue weighted by Gasteiger charge is 2.41. The lowest BCUT2D eigenvalue weighted by atomic mass is 9.95. The molecule has 2 aromatic rings. The fourth-order valence-corrected chi connectivity index (χ4v) is 3.92. The van der Waals surface area contributed by atoms with Gasteiger partial charge in [-0.25, -0.2) is 4.98 Å². The van der Waals surface area contributed by atoms with Gasteiger partial charge in [0.05, 0.1) is 34.9 Å². The van der Waals surface area contributed by atoms with Crippen molar-refractivity contribution in [3.63, 3.8) is 0 Å². The van der Waals surface area contributed by atoms with Crippen molar-refractivity contribution in [2.24, 2.45) is 0 Å². The molecule has 2 aromatic heterocycles. The summed E-state index contributed by atoms with van der Waals surface area (Å²) in [6.45, 7) is 1.85. The quantitative estimate of drug-likeness (QED) is 0.942. The molecule has 2 bridgehead atoms. The van der Waals surface area contributed by atoms with Crippen LogP contribution < -0.4 is 5.32 Å². The van der Waals surface area contributed by atoms with Crippen molar-refractivity contribution in [2.75, 3.05) is 0 Å². The van der Waals surface area contributed by atoms with E-state index in [1.165, 1.54) is 0 Å². The predicted molar refractivity (Wildman–Crippen MR) is 82.3 cm³/mol. The number of hydrogen-bond donors (Lipinski definition) is 1. The first-order chi connectivity index (χ1) is 11.2. The number of aryl methyl sites for hydroxylation is 1. The van der Waals surface area contributed by atoms with Crippen molar-refractivity contribution in [1.29, 1.82) is 0 Å². The number of carbonyl (C=O) groups excluding carboxylic acids is 1. The van der Waals surface area contributed by atoms with Gasteiger partial charge >= 0.3 is 0 Å². The Morgan fingerprint density at radius 2 is 2.17 bits per heavy atom. The SMILES string of the molecule is Cc1noc2nc(C3CC3)cc(C(=O)N[C@@H]3C[C@H]4CC[C@H]3O4)c12. The molecule has 0 unspecified atom stereocenters. The Balaban J connectivity index is 1.50. The van der Waals surface area contributed by atoms with E-state index >= 15 is 0 Å². The third kappa shape index (κ3) is 2.16. The third-order valence-electron chi connectivity index (χ3n) is 5.30. The fourth-order valence-electron chi connectivity index (χ4n) is 3.92. The summed E-state index contributed by atoms with van der Waals surface area (Å²) in [5.74, 6) is 0.397. The topological polar surface area (TPSA) is 77.2 Å². The summed E-state index contributed by atoms with van der Waals surface area (Å²) in [6, 6.07) is 2.04. The minimum absolute atomic E-state index is 0.0632. The van der Waals surface area contributed by atoms with Crippen LogP contribution in [-0.2, 0) is 4.74 Å². The van der Waals surface area contributed by atoms with Crippen LogP contribution in [0.1, 0.15) is 59.8 Å². The molecule has 5 rings (SSSR count). The summed E-state index contributed by atoms with van der Waals surface area (Å²) < 4.78 is 11.1. The Morgan fingerprint density at radius 1 is 1.30 bits per heavy atom. The molecule has 0 radical (unpaired) electrons. The Labute approximate surface area is 133 Å². The zero-order valence-electron chi connectivity index (χ0n) is 13.0. The first kappa shape index (κ1) is 13.5. The molecule has 2 saturated heterocycles. The molecule has 2 aliphatic heterocycles. The Morgan fingerprint density at radius 3 is 2.87 bits per heavy atom. The summed E-state index contributed by atoms with van der Waals surface area (Å²) in [7, 11) is 0. The van der Waals surface area contributed by atoms with E-state index in [0.29, 0.717) is 29.0 Å². The van der Waals surface area contributed by atoms with Crippen molar-refractivity contribution in [1.82, 2.24) is 15.5 Å². The molecule has 1 saturated carbocycles. The molecule has 23 heavy (non-hydrogen) atoms. The minimum Gasteiger partial charge on any atom is -0.373 e. The maximum Gasteiger partial charge on any atom is 0.259 e. The summed E-state index contributed by atoms with van der Waals surface area (Å²) in [6.07, 6.45) is 5.84. The first-order valence-electron chi connectivity index (χ1n) is 8.42. The Kier molecular flexibility index (Phi) is 2.80. The van der Waals surface area contributed by atoms with Crippen LogP contribution >= 0.6 is 0 Å². The van der Waals surface area contributed by atoms with Crippen LogP contribution in [0.25, 0.3) is 11.1 Å². The molecule has 4 heterocycles. The van der Waals surface area contributed by atoms with Crippen LogP contribution in [0.2, 0.25) is 0 Å². The zero-order chi connectivity index (χ0) is 15.6. The molecule has 120 valence electrons. The Hall–Kier alpha value is -1.95. The van der Waals surface area contributed by atoms with Crippen LogP contribution in [0.5, 0.6) is 0 Å². The van der Waals surface area contributed by atoms with Gasteiger partial charge in [0.25, 0.3) is 11.6 Å². The number of hydrogen-bond acceptors (Lipinski definition) is 5. The maximum absolute atomic E-state index is 12.9. The number of nitrogens with zero attached hydrogens (tertiary/aromatic N) is 2. The van der Waals surface area contributed by atoms with Gasteiger partial charge in [-0.15, -0.1) is 0 Å². The molecule has 6 heteroatoms. The normalized spacial score (nSPS) is 29.3. The highest BCUT2D eigenvalue weighted by molar-refractivity contribution is 6.06. The summed E-state index contributed by atoms with van der Waals surface area (Å²) in [4.78, 5) is 17.4. The minimum atomic E-state index is -0.0632. The molecule has 1 aliphatic carbocycles. The maximum atomic E-state index is 12.9. The van der Waals surface area contributed by atoms with E-state index < -0.39 is 0 Å². The van der Waals surface area contributed by atoms with Gasteiger partial charge < -0.3 is 14.6 Å². The highest BCUT2D eigenvalue weighted by Crippen LogP contribution is 2.40. The average Bonchev–Trinajstić information content (AvgIpc) is 3.04. The van der Waals surface area contributed by atoms with Crippen molar-refractivity contribution in [3.05, 3.63) is 23.0 Å². The van der Waals surface area contributed by atoms with Gasteiger partial charge in [0.1, 0.15) is 0 Å². The number of fused-ring (bicyclic) bond motifs is 3. The van der Waals surface area contributed by atoms with Gasteiger partial charge in [-0.05, 0) is 45.1 Å². The molecule has 6 nitrogen and oxygen atoms in total. The van der Waals surface area contributed by atoms with Crippen LogP contribution in [0.15, 0.2) is 10.6 Å². The van der Waals surface area contributed by atoms with Crippen LogP contribution in [-0.4, -0.2) is 34.3 Å². The number of pyridine rings is 1. The zero-order valence-corrected chi connectivity index (χ0v) is 13.0. The second-order valence-corrected chi connectivity index (χ2v) is 7.01. The van der Waals surface area contributed by atoms with Crippen LogP contribution in [0.3, 0.4) is 0 Å². The number of amides is 1. The van der Waals surface area contributed by atoms with E-state index in [0.717, 1.165) is 43.2 Å². The Bertz CT molecular complexity index is 796. The van der Waals surface area contributed by atoms with E-state index in [4.69, 9.17) is 9.26 Å². The molecule has 3 aliphatic rings. The molecular formula is C17H19N3O3. The standard InChI is InChI=1S/C17H19N3O3/c1-8-15-11(7-12(9-2-3-9)19-17(15)23-20-8)16(21)18-13-6-10-4-5-14(13)22-10/h7,9-10,13-14H,2-6H2,1H3,(H,18,21)/t10-,13-,14-/m1/s1. The monoisotopic (exact) mass is 313 g/mol. The molecule has 1 amide bonds. The first-order valence-corrected chi connectivity index (χ1v) is 8.42. The van der Waals surface area contributed by atoms with Gasteiger partial charge in [0, 0.05) is 11.6 Å². The van der Waals surface area contributed by atoms with Crippen molar-refractivity contribution >= 4 is 17.0 Å². The van der Waals surface area contributed by atoms with E-state index in [-0.39, 0.29) is 18.1 Å². The van der Waals surface area contributed by atoms with E-state index in [9.17, 15) is 4.79 Å². The summed E-state index contributed by atoms with van der Waals surface area (Å²) in [5, 5.41) is 7.88. The number of ether oxygens (including phenoxy) is 1. The van der Waals surface area contributed by atoms with Gasteiger partial charge in [-0.3, -0.25) is 4.79 Å². The lowest BCUT2D eigenvalue weighted by molar-refractivity contribution is 0.0842. The lowest BCUT2D eigenvalue weighted by Crippen LogP contribution is -2.41. The summed E-state index contributed by atoms with van der Waals surface area (Å²) >= 11 is 0. The van der Waals surface area contributed by atoms with Crippen molar-refractivity contribution in [2.45, 2.75) is 63.2 Å². The number of rotatable bonds is 3. The van der Waals surface area contributed by atoms with E-state index in [1.54, 1.807) is 0 Å². The highest BCUT2D eigenvalue weighted by atomic mass is 16.5. The van der Waals surface area contributed by atoms with Gasteiger partial charge in [0.2, 0.25) is 0 Å². The molecule has 0 spiro atoms. The molecular weight excluding hydrogens is 294 g/mol. The van der Waals surface area contributed by atoms with E-state index in [1.807, 2.05) is 13.0 Å². The van der Waals surface area contributed by atoms with Gasteiger partial charge in [-0.1, -0.05) is 5.16 Å². The molecule has 1 N–H and O–H groups in total. The number of aromatic nitrogens is 2. The average molecular weight is 313 g/mol. The van der Waals surface area contributed by atoms with Crippen molar-refractivity contribution < 1.29 is 14.1 Å². The van der Waals surface area contributed by atoms with Gasteiger partial charge in [-0.2, -0.15) is 0 Å². The second-order valence-electron chi connectivity index (χ2n) is 7.01. The molecule has 3 atom stereocenters. The van der Waals surface area contributed by atoms with Crippen LogP contribution in [0, 0.1) is 6.92 Å². The van der Waals surface area contributed by atoms with E-state index in [2.05, 4.69) is 15.5 Å². The van der Waals surface area contributed by atoms with Crippen LogP contribution in [0.4, 0.5) is 0 Å². The van der Waals surface area contributed by atoms with Crippen molar-refractivity contribution in [3.8, 4) is 0 Å². The fraction of sp³-hybridized carbons (Fsp3) is 0.588. The molecule has 3 fully saturated rings. The number of nitrogens with one attached hydrogen (secondary N) is 1. The second kappa shape index (κ2) is 4.77. The van der Waals surface area contributed by atoms with Gasteiger partial charge in [0.15, 0.2) is 0 Å². The smallest absolute Gasteiger partial charge is 0.259 e.